The van der Waals surface area contributed by atoms with E-state index in [0.29, 0.717) is 23.7 Å². The maximum atomic E-state index is 12.2. The standard InChI is InChI=1S/C16H27NO3/c1-3-19-6-4-13-5-7-20-16(9-13)10-17(11-16)15(18)14-8-12(14)2/h12-14H,3-11H2,1-2H3/t12-,13+,14+/m0/s1. The van der Waals surface area contributed by atoms with Crippen molar-refractivity contribution < 1.29 is 14.3 Å². The van der Waals surface area contributed by atoms with Gasteiger partial charge >= 0.3 is 0 Å². The van der Waals surface area contributed by atoms with Crippen molar-refractivity contribution in [2.24, 2.45) is 17.8 Å². The van der Waals surface area contributed by atoms with Gasteiger partial charge < -0.3 is 14.4 Å². The smallest absolute Gasteiger partial charge is 0.226 e. The Bertz CT molecular complexity index is 365. The molecule has 3 fully saturated rings. The second-order valence-corrected chi connectivity index (χ2v) is 6.89. The maximum absolute atomic E-state index is 12.2. The predicted octanol–water partition coefficient (Wildman–Crippen LogP) is 2.08. The zero-order chi connectivity index (χ0) is 14.2. The molecule has 4 heteroatoms. The highest BCUT2D eigenvalue weighted by atomic mass is 16.5. The first-order valence-corrected chi connectivity index (χ1v) is 8.14. The number of rotatable bonds is 5. The Morgan fingerprint density at radius 2 is 2.20 bits per heavy atom. The van der Waals surface area contributed by atoms with Gasteiger partial charge in [0.15, 0.2) is 0 Å². The summed E-state index contributed by atoms with van der Waals surface area (Å²) in [5.74, 6) is 1.98. The average Bonchev–Trinajstić information content (AvgIpc) is 3.13. The summed E-state index contributed by atoms with van der Waals surface area (Å²) in [6.07, 6.45) is 4.46. The molecule has 2 heterocycles. The number of nitrogens with zero attached hydrogens (tertiary/aromatic N) is 1. The van der Waals surface area contributed by atoms with Crippen LogP contribution in [0, 0.1) is 17.8 Å². The van der Waals surface area contributed by atoms with Crippen molar-refractivity contribution in [3.05, 3.63) is 0 Å². The van der Waals surface area contributed by atoms with E-state index in [4.69, 9.17) is 9.47 Å². The molecule has 1 aliphatic carbocycles. The van der Waals surface area contributed by atoms with Gasteiger partial charge in [0.1, 0.15) is 5.60 Å². The highest BCUT2D eigenvalue weighted by molar-refractivity contribution is 5.82. The van der Waals surface area contributed by atoms with Gasteiger partial charge in [0.25, 0.3) is 0 Å². The van der Waals surface area contributed by atoms with Gasteiger partial charge in [-0.25, -0.2) is 0 Å². The molecule has 20 heavy (non-hydrogen) atoms. The van der Waals surface area contributed by atoms with Crippen LogP contribution < -0.4 is 0 Å². The molecule has 0 aromatic rings. The third-order valence-corrected chi connectivity index (χ3v) is 5.17. The van der Waals surface area contributed by atoms with Crippen molar-refractivity contribution in [1.82, 2.24) is 4.90 Å². The Kier molecular flexibility index (Phi) is 4.04. The van der Waals surface area contributed by atoms with Crippen LogP contribution >= 0.6 is 0 Å². The molecule has 2 aliphatic heterocycles. The van der Waals surface area contributed by atoms with Crippen molar-refractivity contribution >= 4 is 5.91 Å². The number of likely N-dealkylation sites (tertiary alicyclic amines) is 1. The molecule has 0 N–H and O–H groups in total. The highest BCUT2D eigenvalue weighted by Gasteiger charge is 2.52. The zero-order valence-corrected chi connectivity index (χ0v) is 12.8. The zero-order valence-electron chi connectivity index (χ0n) is 12.8. The summed E-state index contributed by atoms with van der Waals surface area (Å²) in [5.41, 5.74) is -0.0249. The summed E-state index contributed by atoms with van der Waals surface area (Å²) in [7, 11) is 0. The number of ether oxygens (including phenoxy) is 2. The van der Waals surface area contributed by atoms with Gasteiger partial charge in [-0.1, -0.05) is 6.92 Å². The lowest BCUT2D eigenvalue weighted by atomic mass is 9.79. The molecule has 4 nitrogen and oxygen atoms in total. The van der Waals surface area contributed by atoms with E-state index in [0.717, 1.165) is 58.6 Å². The van der Waals surface area contributed by atoms with Crippen molar-refractivity contribution in [2.75, 3.05) is 32.9 Å². The van der Waals surface area contributed by atoms with Crippen LogP contribution in [-0.4, -0.2) is 49.3 Å². The molecule has 3 atom stereocenters. The summed E-state index contributed by atoms with van der Waals surface area (Å²) in [6.45, 7) is 8.35. The van der Waals surface area contributed by atoms with Gasteiger partial charge in [0.2, 0.25) is 5.91 Å². The summed E-state index contributed by atoms with van der Waals surface area (Å²) in [6, 6.07) is 0. The Morgan fingerprint density at radius 3 is 2.85 bits per heavy atom. The molecule has 0 aromatic carbocycles. The van der Waals surface area contributed by atoms with E-state index in [1.54, 1.807) is 0 Å². The van der Waals surface area contributed by atoms with Crippen LogP contribution in [0.3, 0.4) is 0 Å². The Labute approximate surface area is 121 Å². The maximum Gasteiger partial charge on any atom is 0.226 e. The Hall–Kier alpha value is -0.610. The summed E-state index contributed by atoms with van der Waals surface area (Å²) >= 11 is 0. The topological polar surface area (TPSA) is 38.8 Å². The van der Waals surface area contributed by atoms with E-state index in [2.05, 4.69) is 6.92 Å². The van der Waals surface area contributed by atoms with Gasteiger partial charge in [-0.05, 0) is 44.4 Å². The fourth-order valence-corrected chi connectivity index (χ4v) is 3.70. The molecule has 1 amide bonds. The molecule has 114 valence electrons. The van der Waals surface area contributed by atoms with Gasteiger partial charge in [0, 0.05) is 25.7 Å². The third-order valence-electron chi connectivity index (χ3n) is 5.17. The summed E-state index contributed by atoms with van der Waals surface area (Å²) in [4.78, 5) is 14.2. The number of carbonyl (C=O) groups is 1. The second-order valence-electron chi connectivity index (χ2n) is 6.89. The van der Waals surface area contributed by atoms with Crippen LogP contribution in [0.2, 0.25) is 0 Å². The molecule has 0 radical (unpaired) electrons. The average molecular weight is 281 g/mol. The van der Waals surface area contributed by atoms with E-state index < -0.39 is 0 Å². The predicted molar refractivity (Wildman–Crippen MR) is 76.4 cm³/mol. The number of hydrogen-bond donors (Lipinski definition) is 0. The van der Waals surface area contributed by atoms with Gasteiger partial charge in [-0.2, -0.15) is 0 Å². The monoisotopic (exact) mass is 281 g/mol. The fourth-order valence-electron chi connectivity index (χ4n) is 3.70. The first-order valence-electron chi connectivity index (χ1n) is 8.14. The molecule has 1 spiro atoms. The SMILES string of the molecule is CCOCC[C@@H]1CCOC2(C1)CN(C(=O)[C@@H]1C[C@@H]1C)C2. The lowest BCUT2D eigenvalue weighted by molar-refractivity contribution is -0.190. The number of carbonyl (C=O) groups excluding carboxylic acids is 1. The van der Waals surface area contributed by atoms with E-state index in [1.807, 2.05) is 11.8 Å². The summed E-state index contributed by atoms with van der Waals surface area (Å²) in [5, 5.41) is 0. The van der Waals surface area contributed by atoms with Crippen molar-refractivity contribution in [1.29, 1.82) is 0 Å². The van der Waals surface area contributed by atoms with Crippen LogP contribution in [0.25, 0.3) is 0 Å². The van der Waals surface area contributed by atoms with E-state index in [9.17, 15) is 4.79 Å². The minimum Gasteiger partial charge on any atom is -0.382 e. The molecular formula is C16H27NO3. The number of hydrogen-bond acceptors (Lipinski definition) is 3. The second kappa shape index (κ2) is 5.64. The van der Waals surface area contributed by atoms with E-state index in [1.165, 1.54) is 0 Å². The highest BCUT2D eigenvalue weighted by Crippen LogP contribution is 2.43. The summed E-state index contributed by atoms with van der Waals surface area (Å²) < 4.78 is 11.5. The van der Waals surface area contributed by atoms with Gasteiger partial charge in [0.05, 0.1) is 13.1 Å². The molecule has 0 aromatic heterocycles. The van der Waals surface area contributed by atoms with Crippen molar-refractivity contribution in [3.8, 4) is 0 Å². The van der Waals surface area contributed by atoms with E-state index in [-0.39, 0.29) is 5.60 Å². The lowest BCUT2D eigenvalue weighted by Crippen LogP contribution is -2.67. The van der Waals surface area contributed by atoms with Gasteiger partial charge in [-0.15, -0.1) is 0 Å². The number of amides is 1. The van der Waals surface area contributed by atoms with Crippen LogP contribution in [0.1, 0.15) is 39.5 Å². The molecule has 0 bridgehead atoms. The van der Waals surface area contributed by atoms with Crippen LogP contribution in [0.15, 0.2) is 0 Å². The normalized spacial score (nSPS) is 34.9. The molecular weight excluding hydrogens is 254 g/mol. The molecule has 3 rings (SSSR count). The first-order chi connectivity index (χ1) is 9.63. The minimum absolute atomic E-state index is 0.0249. The van der Waals surface area contributed by atoms with E-state index >= 15 is 0 Å². The Morgan fingerprint density at radius 1 is 1.45 bits per heavy atom. The molecule has 2 saturated heterocycles. The van der Waals surface area contributed by atoms with Gasteiger partial charge in [-0.3, -0.25) is 4.79 Å². The van der Waals surface area contributed by atoms with Crippen LogP contribution in [-0.2, 0) is 14.3 Å². The molecule has 0 unspecified atom stereocenters. The van der Waals surface area contributed by atoms with Crippen LogP contribution in [0.4, 0.5) is 0 Å². The lowest BCUT2D eigenvalue weighted by Gasteiger charge is -2.53. The van der Waals surface area contributed by atoms with Crippen LogP contribution in [0.5, 0.6) is 0 Å². The fraction of sp³-hybridized carbons (Fsp3) is 0.938. The molecule has 3 aliphatic rings. The minimum atomic E-state index is -0.0249. The Balaban J connectivity index is 1.45. The third kappa shape index (κ3) is 2.86. The molecule has 1 saturated carbocycles. The van der Waals surface area contributed by atoms with Crippen molar-refractivity contribution in [3.63, 3.8) is 0 Å². The largest absolute Gasteiger partial charge is 0.382 e. The quantitative estimate of drug-likeness (QED) is 0.724. The van der Waals surface area contributed by atoms with Crippen molar-refractivity contribution in [2.45, 2.75) is 45.1 Å². The first kappa shape index (κ1) is 14.3.